The van der Waals surface area contributed by atoms with Gasteiger partial charge in [0.15, 0.2) is 11.5 Å². The van der Waals surface area contributed by atoms with Gasteiger partial charge in [-0.05, 0) is 73.4 Å². The first-order valence-corrected chi connectivity index (χ1v) is 12.5. The maximum Gasteiger partial charge on any atom is 0.223 e. The number of halogens is 2. The van der Waals surface area contributed by atoms with Gasteiger partial charge in [-0.2, -0.15) is 10.5 Å². The van der Waals surface area contributed by atoms with E-state index in [1.165, 1.54) is 0 Å². The SMILES string of the molecule is Cc1cc(C(C#N)=C2Nc3ccccc3O2)nc(Cl)n1.Cc1cc(C(C#N)=C2Nc3ccccc3O2)nc(Cl)n1. The molecule has 2 aromatic heterocycles. The summed E-state index contributed by atoms with van der Waals surface area (Å²) in [5, 5.41) is 25.0. The van der Waals surface area contributed by atoms with Crippen LogP contribution in [0.25, 0.3) is 11.1 Å². The molecule has 6 rings (SSSR count). The maximum atomic E-state index is 9.37. The molecule has 196 valence electrons. The summed E-state index contributed by atoms with van der Waals surface area (Å²) in [6.45, 7) is 3.57. The molecular formula is C28H18Cl2N8O2. The van der Waals surface area contributed by atoms with Crippen LogP contribution in [0.1, 0.15) is 22.8 Å². The number of nitrogens with zero attached hydrogens (tertiary/aromatic N) is 6. The first kappa shape index (κ1) is 26.4. The van der Waals surface area contributed by atoms with Crippen LogP contribution < -0.4 is 20.1 Å². The predicted molar refractivity (Wildman–Crippen MR) is 150 cm³/mol. The Morgan fingerprint density at radius 1 is 0.675 bits per heavy atom. The highest BCUT2D eigenvalue weighted by molar-refractivity contribution is 6.28. The zero-order chi connectivity index (χ0) is 28.2. The van der Waals surface area contributed by atoms with E-state index in [1.807, 2.05) is 48.5 Å². The Kier molecular flexibility index (Phi) is 7.47. The third-order valence-electron chi connectivity index (χ3n) is 5.54. The van der Waals surface area contributed by atoms with Gasteiger partial charge < -0.3 is 20.1 Å². The first-order valence-electron chi connectivity index (χ1n) is 11.7. The van der Waals surface area contributed by atoms with Gasteiger partial charge in [0.2, 0.25) is 22.3 Å². The lowest BCUT2D eigenvalue weighted by Gasteiger charge is -2.04. The smallest absolute Gasteiger partial charge is 0.223 e. The Hall–Kier alpha value is -5.16. The molecule has 0 amide bonds. The summed E-state index contributed by atoms with van der Waals surface area (Å²) in [7, 11) is 0. The predicted octanol–water partition coefficient (Wildman–Crippen LogP) is 6.27. The number of anilines is 2. The van der Waals surface area contributed by atoms with E-state index < -0.39 is 0 Å². The average Bonchev–Trinajstić information content (AvgIpc) is 3.53. The summed E-state index contributed by atoms with van der Waals surface area (Å²) >= 11 is 11.7. The van der Waals surface area contributed by atoms with Crippen LogP contribution in [-0.4, -0.2) is 19.9 Å². The Bertz CT molecular complexity index is 1560. The minimum Gasteiger partial charge on any atom is -0.437 e. The molecule has 2 aliphatic rings. The van der Waals surface area contributed by atoms with Crippen LogP contribution in [0.2, 0.25) is 10.6 Å². The lowest BCUT2D eigenvalue weighted by molar-refractivity contribution is 0.460. The lowest BCUT2D eigenvalue weighted by Crippen LogP contribution is -2.04. The number of benzene rings is 2. The van der Waals surface area contributed by atoms with Gasteiger partial charge in [0.05, 0.1) is 22.8 Å². The molecule has 0 radical (unpaired) electrons. The molecule has 4 aromatic rings. The standard InChI is InChI=1S/2C14H9ClN4O/c2*1-8-6-11(19-14(15)17-8)9(7-16)13-18-10-4-2-3-5-12(10)20-13/h2*2-6,18H,1H3. The molecule has 0 saturated heterocycles. The molecule has 0 saturated carbocycles. The number of nitriles is 2. The molecule has 2 N–H and O–H groups in total. The number of para-hydroxylation sites is 4. The fraction of sp³-hybridized carbons (Fsp3) is 0.0714. The van der Waals surface area contributed by atoms with Gasteiger partial charge in [0.25, 0.3) is 0 Å². The van der Waals surface area contributed by atoms with Gasteiger partial charge in [-0.25, -0.2) is 19.9 Å². The number of hydrogen-bond donors (Lipinski definition) is 2. The van der Waals surface area contributed by atoms with Crippen LogP contribution in [0.15, 0.2) is 72.4 Å². The van der Waals surface area contributed by atoms with Crippen LogP contribution in [0.3, 0.4) is 0 Å². The summed E-state index contributed by atoms with van der Waals surface area (Å²) < 4.78 is 11.3. The van der Waals surface area contributed by atoms with Crippen LogP contribution in [0.5, 0.6) is 11.5 Å². The summed E-state index contributed by atoms with van der Waals surface area (Å²) in [5.74, 6) is 2.05. The van der Waals surface area contributed by atoms with E-state index in [-0.39, 0.29) is 21.7 Å². The maximum absolute atomic E-state index is 9.37. The van der Waals surface area contributed by atoms with Crippen LogP contribution in [0, 0.1) is 36.5 Å². The summed E-state index contributed by atoms with van der Waals surface area (Å²) in [6, 6.07) is 22.4. The van der Waals surface area contributed by atoms with E-state index in [0.717, 1.165) is 11.4 Å². The fourth-order valence-corrected chi connectivity index (χ4v) is 4.28. The van der Waals surface area contributed by atoms with Crippen molar-refractivity contribution in [3.8, 4) is 23.6 Å². The van der Waals surface area contributed by atoms with Gasteiger partial charge in [-0.1, -0.05) is 24.3 Å². The number of nitrogens with one attached hydrogen (secondary N) is 2. The van der Waals surface area contributed by atoms with Gasteiger partial charge in [-0.15, -0.1) is 0 Å². The third-order valence-corrected chi connectivity index (χ3v) is 5.88. The summed E-state index contributed by atoms with van der Waals surface area (Å²) in [6.07, 6.45) is 0. The van der Waals surface area contributed by atoms with E-state index in [9.17, 15) is 10.5 Å². The number of aromatic nitrogens is 4. The Labute approximate surface area is 239 Å². The van der Waals surface area contributed by atoms with Crippen molar-refractivity contribution >= 4 is 45.7 Å². The van der Waals surface area contributed by atoms with E-state index >= 15 is 0 Å². The first-order chi connectivity index (χ1) is 19.3. The number of fused-ring (bicyclic) bond motifs is 2. The Morgan fingerprint density at radius 3 is 1.43 bits per heavy atom. The summed E-state index contributed by atoms with van der Waals surface area (Å²) in [5.41, 5.74) is 4.43. The van der Waals surface area contributed by atoms with Crippen molar-refractivity contribution < 1.29 is 9.47 Å². The molecule has 4 heterocycles. The Balaban J connectivity index is 0.000000161. The number of rotatable bonds is 2. The van der Waals surface area contributed by atoms with Crippen molar-refractivity contribution in [3.05, 3.63) is 106 Å². The second-order valence-electron chi connectivity index (χ2n) is 8.41. The van der Waals surface area contributed by atoms with E-state index in [4.69, 9.17) is 32.7 Å². The van der Waals surface area contributed by atoms with Crippen LogP contribution >= 0.6 is 23.2 Å². The highest BCUT2D eigenvalue weighted by Gasteiger charge is 2.23. The number of aryl methyl sites for hydroxylation is 2. The van der Waals surface area contributed by atoms with Gasteiger partial charge >= 0.3 is 0 Å². The van der Waals surface area contributed by atoms with Crippen LogP contribution in [-0.2, 0) is 0 Å². The molecule has 0 unspecified atom stereocenters. The van der Waals surface area contributed by atoms with Crippen molar-refractivity contribution in [1.82, 2.24) is 19.9 Å². The zero-order valence-electron chi connectivity index (χ0n) is 21.0. The van der Waals surface area contributed by atoms with Gasteiger partial charge in [0.1, 0.15) is 23.3 Å². The van der Waals surface area contributed by atoms with E-state index in [1.54, 1.807) is 26.0 Å². The molecule has 0 spiro atoms. The monoisotopic (exact) mass is 568 g/mol. The van der Waals surface area contributed by atoms with E-state index in [2.05, 4.69) is 42.7 Å². The molecule has 2 aromatic carbocycles. The largest absolute Gasteiger partial charge is 0.437 e. The quantitative estimate of drug-likeness (QED) is 0.210. The number of ether oxygens (including phenoxy) is 2. The molecule has 0 atom stereocenters. The number of hydrogen-bond acceptors (Lipinski definition) is 10. The number of allylic oxidation sites excluding steroid dienone is 2. The molecule has 40 heavy (non-hydrogen) atoms. The van der Waals surface area contributed by atoms with E-state index in [0.29, 0.717) is 46.0 Å². The molecule has 12 heteroatoms. The second kappa shape index (κ2) is 11.3. The topological polar surface area (TPSA) is 142 Å². The van der Waals surface area contributed by atoms with Gasteiger partial charge in [-0.3, -0.25) is 0 Å². The highest BCUT2D eigenvalue weighted by Crippen LogP contribution is 2.36. The van der Waals surface area contributed by atoms with Crippen molar-refractivity contribution in [2.75, 3.05) is 10.6 Å². The molecule has 0 bridgehead atoms. The molecule has 0 aliphatic carbocycles. The van der Waals surface area contributed by atoms with Gasteiger partial charge in [0, 0.05) is 11.4 Å². The van der Waals surface area contributed by atoms with Crippen molar-refractivity contribution in [1.29, 1.82) is 10.5 Å². The van der Waals surface area contributed by atoms with Crippen molar-refractivity contribution in [2.45, 2.75) is 13.8 Å². The normalized spacial score (nSPS) is 14.8. The highest BCUT2D eigenvalue weighted by atomic mass is 35.5. The lowest BCUT2D eigenvalue weighted by atomic mass is 10.2. The molecule has 10 nitrogen and oxygen atoms in total. The van der Waals surface area contributed by atoms with Crippen molar-refractivity contribution in [2.24, 2.45) is 0 Å². The molecule has 0 fully saturated rings. The molecular weight excluding hydrogens is 551 g/mol. The Morgan fingerprint density at radius 2 is 1.07 bits per heavy atom. The van der Waals surface area contributed by atoms with Crippen molar-refractivity contribution in [3.63, 3.8) is 0 Å². The minimum atomic E-state index is 0.101. The average molecular weight is 569 g/mol. The minimum absolute atomic E-state index is 0.101. The zero-order valence-corrected chi connectivity index (χ0v) is 22.5. The molecule has 2 aliphatic heterocycles. The fourth-order valence-electron chi connectivity index (χ4n) is 3.83. The van der Waals surface area contributed by atoms with Crippen LogP contribution in [0.4, 0.5) is 11.4 Å². The second-order valence-corrected chi connectivity index (χ2v) is 9.08. The summed E-state index contributed by atoms with van der Waals surface area (Å²) in [4.78, 5) is 16.1. The third kappa shape index (κ3) is 5.64.